The second-order valence-electron chi connectivity index (χ2n) is 9.36. The average molecular weight is 503 g/mol. The van der Waals surface area contributed by atoms with Crippen LogP contribution in [0.1, 0.15) is 36.1 Å². The molecular weight excluding hydrogens is 484 g/mol. The highest BCUT2D eigenvalue weighted by Crippen LogP contribution is 2.66. The van der Waals surface area contributed by atoms with Crippen LogP contribution in [0.25, 0.3) is 0 Å². The standard InChI is InChI=1S/C26H19BrN2O4/c1-25-15-7-3-5-9-17(15)26(2,18-10-6-4-8-16(18)25)22-21(25)23(30)28(24(22)31)20-12-11-14(29(32)33)13-19(20)27/h3-13,21-22H,1-2H3/t21-,22+,25?,26?. The summed E-state index contributed by atoms with van der Waals surface area (Å²) in [6.07, 6.45) is 0. The second-order valence-corrected chi connectivity index (χ2v) is 10.2. The minimum absolute atomic E-state index is 0.110. The molecule has 33 heavy (non-hydrogen) atoms. The normalized spacial score (nSPS) is 29.0. The summed E-state index contributed by atoms with van der Waals surface area (Å²) in [5.74, 6) is -1.67. The molecule has 164 valence electrons. The molecule has 0 saturated carbocycles. The van der Waals surface area contributed by atoms with E-state index in [0.717, 1.165) is 22.3 Å². The van der Waals surface area contributed by atoms with Gasteiger partial charge in [-0.15, -0.1) is 0 Å². The second kappa shape index (κ2) is 6.38. The van der Waals surface area contributed by atoms with E-state index in [1.807, 2.05) is 24.3 Å². The smallest absolute Gasteiger partial charge is 0.270 e. The van der Waals surface area contributed by atoms with Crippen LogP contribution < -0.4 is 4.90 Å². The Bertz CT molecular complexity index is 1290. The number of carbonyl (C=O) groups excluding carboxylic acids is 2. The summed E-state index contributed by atoms with van der Waals surface area (Å²) in [5.41, 5.74) is 3.23. The number of rotatable bonds is 2. The monoisotopic (exact) mass is 502 g/mol. The van der Waals surface area contributed by atoms with Crippen molar-refractivity contribution in [3.63, 3.8) is 0 Å². The van der Waals surface area contributed by atoms with Crippen molar-refractivity contribution in [2.45, 2.75) is 24.7 Å². The third-order valence-electron chi connectivity index (χ3n) is 8.03. The number of imide groups is 1. The number of benzene rings is 3. The summed E-state index contributed by atoms with van der Waals surface area (Å²) in [6, 6.07) is 20.4. The van der Waals surface area contributed by atoms with E-state index in [4.69, 9.17) is 0 Å². The molecule has 1 aliphatic heterocycles. The molecule has 2 bridgehead atoms. The van der Waals surface area contributed by atoms with Gasteiger partial charge in [0.15, 0.2) is 0 Å². The highest BCUT2D eigenvalue weighted by molar-refractivity contribution is 9.10. The summed E-state index contributed by atoms with van der Waals surface area (Å²) in [7, 11) is 0. The molecule has 6 nitrogen and oxygen atoms in total. The lowest BCUT2D eigenvalue weighted by atomic mass is 9.42. The minimum Gasteiger partial charge on any atom is -0.274 e. The third-order valence-corrected chi connectivity index (χ3v) is 8.66. The third kappa shape index (κ3) is 2.23. The fraction of sp³-hybridized carbons (Fsp3) is 0.231. The van der Waals surface area contributed by atoms with E-state index in [-0.39, 0.29) is 17.5 Å². The molecule has 3 aromatic rings. The average Bonchev–Trinajstić information content (AvgIpc) is 3.08. The van der Waals surface area contributed by atoms with E-state index < -0.39 is 27.6 Å². The number of halogens is 1. The van der Waals surface area contributed by atoms with Crippen molar-refractivity contribution in [3.05, 3.63) is 104 Å². The SMILES string of the molecule is CC12c3ccccc3C(C)(c3ccccc31)[C@H]1C(=O)N(c3ccc([N+](=O)[O-])cc3Br)C(=O)[C@H]12. The molecule has 0 radical (unpaired) electrons. The lowest BCUT2D eigenvalue weighted by Crippen LogP contribution is -2.59. The first kappa shape index (κ1) is 20.3. The van der Waals surface area contributed by atoms with Gasteiger partial charge < -0.3 is 0 Å². The Kier molecular flexibility index (Phi) is 3.93. The van der Waals surface area contributed by atoms with E-state index in [2.05, 4.69) is 54.0 Å². The number of amides is 2. The zero-order chi connectivity index (χ0) is 23.3. The molecular formula is C26H19BrN2O4. The molecule has 0 N–H and O–H groups in total. The Balaban J connectivity index is 1.61. The Labute approximate surface area is 198 Å². The lowest BCUT2D eigenvalue weighted by Gasteiger charge is -2.57. The first-order valence-corrected chi connectivity index (χ1v) is 11.5. The molecule has 1 heterocycles. The first-order valence-electron chi connectivity index (χ1n) is 10.7. The number of nitro benzene ring substituents is 1. The van der Waals surface area contributed by atoms with Crippen LogP contribution in [-0.2, 0) is 20.4 Å². The topological polar surface area (TPSA) is 80.5 Å². The van der Waals surface area contributed by atoms with Gasteiger partial charge >= 0.3 is 0 Å². The predicted molar refractivity (Wildman–Crippen MR) is 126 cm³/mol. The molecule has 2 atom stereocenters. The quantitative estimate of drug-likeness (QED) is 0.277. The summed E-state index contributed by atoms with van der Waals surface area (Å²) in [5, 5.41) is 11.2. The zero-order valence-corrected chi connectivity index (χ0v) is 19.5. The van der Waals surface area contributed by atoms with E-state index in [1.54, 1.807) is 0 Å². The fourth-order valence-electron chi connectivity index (χ4n) is 6.60. The van der Waals surface area contributed by atoms with Gasteiger partial charge in [0.05, 0.1) is 22.4 Å². The van der Waals surface area contributed by atoms with Gasteiger partial charge in [-0.3, -0.25) is 19.7 Å². The Hall–Kier alpha value is -3.32. The largest absolute Gasteiger partial charge is 0.274 e. The number of nitrogens with zero attached hydrogens (tertiary/aromatic N) is 2. The van der Waals surface area contributed by atoms with Gasteiger partial charge in [-0.1, -0.05) is 62.4 Å². The minimum atomic E-state index is -0.662. The van der Waals surface area contributed by atoms with Crippen molar-refractivity contribution < 1.29 is 14.5 Å². The maximum Gasteiger partial charge on any atom is 0.270 e. The van der Waals surface area contributed by atoms with Gasteiger partial charge in [0.25, 0.3) is 5.69 Å². The van der Waals surface area contributed by atoms with Crippen LogP contribution in [-0.4, -0.2) is 16.7 Å². The van der Waals surface area contributed by atoms with Crippen LogP contribution in [0, 0.1) is 22.0 Å². The maximum atomic E-state index is 14.0. The van der Waals surface area contributed by atoms with Gasteiger partial charge in [-0.05, 0) is 44.3 Å². The highest BCUT2D eigenvalue weighted by atomic mass is 79.9. The molecule has 3 aliphatic carbocycles. The van der Waals surface area contributed by atoms with Gasteiger partial charge in [-0.25, -0.2) is 4.90 Å². The van der Waals surface area contributed by atoms with Crippen LogP contribution in [0.3, 0.4) is 0 Å². The van der Waals surface area contributed by atoms with Crippen molar-refractivity contribution in [1.82, 2.24) is 0 Å². The number of nitro groups is 1. The van der Waals surface area contributed by atoms with E-state index in [9.17, 15) is 19.7 Å². The molecule has 7 rings (SSSR count). The predicted octanol–water partition coefficient (Wildman–Crippen LogP) is 5.10. The summed E-state index contributed by atoms with van der Waals surface area (Å²) < 4.78 is 0.342. The van der Waals surface area contributed by atoms with Crippen molar-refractivity contribution in [2.24, 2.45) is 11.8 Å². The Morgan fingerprint density at radius 2 is 1.24 bits per heavy atom. The molecule has 3 aromatic carbocycles. The zero-order valence-electron chi connectivity index (χ0n) is 17.9. The first-order chi connectivity index (χ1) is 15.7. The van der Waals surface area contributed by atoms with Gasteiger partial charge in [0.1, 0.15) is 0 Å². The Morgan fingerprint density at radius 3 is 1.61 bits per heavy atom. The fourth-order valence-corrected chi connectivity index (χ4v) is 7.14. The van der Waals surface area contributed by atoms with Crippen LogP contribution in [0.2, 0.25) is 0 Å². The molecule has 0 unspecified atom stereocenters. The molecule has 7 heteroatoms. The van der Waals surface area contributed by atoms with Crippen molar-refractivity contribution in [1.29, 1.82) is 0 Å². The summed E-state index contributed by atoms with van der Waals surface area (Å²) in [4.78, 5) is 40.0. The summed E-state index contributed by atoms with van der Waals surface area (Å²) >= 11 is 3.36. The number of hydrogen-bond acceptors (Lipinski definition) is 4. The van der Waals surface area contributed by atoms with Crippen LogP contribution in [0.4, 0.5) is 11.4 Å². The van der Waals surface area contributed by atoms with Crippen molar-refractivity contribution in [2.75, 3.05) is 4.90 Å². The lowest BCUT2D eigenvalue weighted by molar-refractivity contribution is -0.384. The van der Waals surface area contributed by atoms with Gasteiger partial charge in [-0.2, -0.15) is 0 Å². The molecule has 4 aliphatic rings. The number of anilines is 1. The number of non-ortho nitro benzene ring substituents is 1. The van der Waals surface area contributed by atoms with Crippen LogP contribution in [0.5, 0.6) is 0 Å². The van der Waals surface area contributed by atoms with E-state index in [0.29, 0.717) is 10.2 Å². The molecule has 1 fully saturated rings. The van der Waals surface area contributed by atoms with Crippen LogP contribution >= 0.6 is 15.9 Å². The van der Waals surface area contributed by atoms with Crippen LogP contribution in [0.15, 0.2) is 71.2 Å². The molecule has 1 saturated heterocycles. The van der Waals surface area contributed by atoms with Gasteiger partial charge in [0.2, 0.25) is 11.8 Å². The Morgan fingerprint density at radius 1 is 0.818 bits per heavy atom. The number of carbonyl (C=O) groups is 2. The van der Waals surface area contributed by atoms with E-state index in [1.165, 1.54) is 23.1 Å². The van der Waals surface area contributed by atoms with E-state index >= 15 is 0 Å². The van der Waals surface area contributed by atoms with Gasteiger partial charge in [0, 0.05) is 27.4 Å². The molecule has 2 amide bonds. The highest BCUT2D eigenvalue weighted by Gasteiger charge is 2.70. The molecule has 0 aromatic heterocycles. The van der Waals surface area contributed by atoms with Crippen molar-refractivity contribution in [3.8, 4) is 0 Å². The number of hydrogen-bond donors (Lipinski definition) is 0. The molecule has 0 spiro atoms. The maximum absolute atomic E-state index is 14.0. The summed E-state index contributed by atoms with van der Waals surface area (Å²) in [6.45, 7) is 4.14. The van der Waals surface area contributed by atoms with Crippen molar-refractivity contribution >= 4 is 39.1 Å².